The smallest absolute Gasteiger partial charge is 0.334 e. The lowest BCUT2D eigenvalue weighted by molar-refractivity contribution is -0.138. The van der Waals surface area contributed by atoms with Crippen molar-refractivity contribution in [3.8, 4) is 0 Å². The van der Waals surface area contributed by atoms with E-state index in [1.165, 1.54) is 0 Å². The number of nitrogens with two attached hydrogens (primary N) is 1. The molecule has 3 rings (SSSR count). The summed E-state index contributed by atoms with van der Waals surface area (Å²) in [6.45, 7) is 3.66. The first kappa shape index (κ1) is 17.0. The van der Waals surface area contributed by atoms with E-state index in [9.17, 15) is 4.79 Å². The molecule has 0 spiro atoms. The minimum Gasteiger partial charge on any atom is -0.463 e. The largest absolute Gasteiger partial charge is 0.463 e. The van der Waals surface area contributed by atoms with E-state index >= 15 is 0 Å². The number of ether oxygens (including phenoxy) is 1. The lowest BCUT2D eigenvalue weighted by atomic mass is 10.0. The number of carbonyl (C=O) groups excluding carboxylic acids is 1. The Bertz CT molecular complexity index is 741. The number of nitrogens with one attached hydrogen (secondary N) is 3. The van der Waals surface area contributed by atoms with Crippen molar-refractivity contribution in [2.24, 2.45) is 16.2 Å². The van der Waals surface area contributed by atoms with Crippen LogP contribution in [0.3, 0.4) is 0 Å². The number of hydrogen-bond donors (Lipinski definition) is 4. The minimum atomic E-state index is -0.422. The summed E-state index contributed by atoms with van der Waals surface area (Å²) in [5.74, 6) is 4.87. The Balaban J connectivity index is 1.97. The number of esters is 1. The zero-order valence-electron chi connectivity index (χ0n) is 14.1. The molecule has 0 aromatic heterocycles. The highest BCUT2D eigenvalue weighted by Gasteiger charge is 2.22. The molecule has 1 aromatic carbocycles. The molecule has 0 saturated carbocycles. The Labute approximate surface area is 146 Å². The zero-order valence-corrected chi connectivity index (χ0v) is 14.1. The molecule has 2 aliphatic heterocycles. The Morgan fingerprint density at radius 2 is 2.32 bits per heavy atom. The van der Waals surface area contributed by atoms with Crippen molar-refractivity contribution < 1.29 is 9.53 Å². The highest BCUT2D eigenvalue weighted by atomic mass is 16.5. The quantitative estimate of drug-likeness (QED) is 0.286. The summed E-state index contributed by atoms with van der Waals surface area (Å²) in [4.78, 5) is 12.2. The van der Waals surface area contributed by atoms with Crippen LogP contribution in [0.1, 0.15) is 24.5 Å². The summed E-state index contributed by atoms with van der Waals surface area (Å²) in [6, 6.07) is 6.05. The topological polar surface area (TPSA) is 113 Å². The molecule has 0 fully saturated rings. The molecule has 0 radical (unpaired) electrons. The van der Waals surface area contributed by atoms with Crippen LogP contribution in [0, 0.1) is 0 Å². The van der Waals surface area contributed by atoms with E-state index in [4.69, 9.17) is 10.6 Å². The Morgan fingerprint density at radius 1 is 1.44 bits per heavy atom. The fraction of sp³-hybridized carbons (Fsp3) is 0.353. The van der Waals surface area contributed by atoms with Crippen LogP contribution < -0.4 is 21.8 Å². The maximum Gasteiger partial charge on any atom is 0.334 e. The Kier molecular flexibility index (Phi) is 5.30. The van der Waals surface area contributed by atoms with Gasteiger partial charge in [0.2, 0.25) is 0 Å². The molecule has 2 aliphatic rings. The molecule has 25 heavy (non-hydrogen) atoms. The second-order valence-corrected chi connectivity index (χ2v) is 5.76. The highest BCUT2D eigenvalue weighted by Crippen LogP contribution is 2.30. The van der Waals surface area contributed by atoms with Crippen LogP contribution in [0.15, 0.2) is 40.3 Å². The van der Waals surface area contributed by atoms with Gasteiger partial charge in [0.15, 0.2) is 0 Å². The van der Waals surface area contributed by atoms with Crippen LogP contribution in [0.25, 0.3) is 11.6 Å². The third-order valence-electron chi connectivity index (χ3n) is 4.05. The van der Waals surface area contributed by atoms with Gasteiger partial charge in [-0.15, -0.1) is 5.11 Å². The van der Waals surface area contributed by atoms with Crippen LogP contribution in [-0.4, -0.2) is 32.0 Å². The van der Waals surface area contributed by atoms with E-state index in [0.29, 0.717) is 18.6 Å². The van der Waals surface area contributed by atoms with Crippen molar-refractivity contribution >= 4 is 23.3 Å². The van der Waals surface area contributed by atoms with Gasteiger partial charge in [0.05, 0.1) is 13.3 Å². The number of rotatable bonds is 4. The maximum absolute atomic E-state index is 12.2. The van der Waals surface area contributed by atoms with Gasteiger partial charge < -0.3 is 21.2 Å². The average Bonchev–Trinajstić information content (AvgIpc) is 2.81. The lowest BCUT2D eigenvalue weighted by Crippen LogP contribution is -2.32. The summed E-state index contributed by atoms with van der Waals surface area (Å²) in [5.41, 5.74) is 4.56. The molecule has 8 nitrogen and oxygen atoms in total. The van der Waals surface area contributed by atoms with Gasteiger partial charge in [0.1, 0.15) is 6.17 Å². The van der Waals surface area contributed by atoms with E-state index in [1.807, 2.05) is 30.5 Å². The van der Waals surface area contributed by atoms with Crippen molar-refractivity contribution in [2.75, 3.05) is 25.1 Å². The summed E-state index contributed by atoms with van der Waals surface area (Å²) in [5, 5.41) is 17.1. The molecule has 0 saturated heterocycles. The second kappa shape index (κ2) is 7.80. The molecule has 1 atom stereocenters. The summed E-state index contributed by atoms with van der Waals surface area (Å²) < 4.78 is 5.13. The number of benzene rings is 1. The van der Waals surface area contributed by atoms with Crippen molar-refractivity contribution in [3.05, 3.63) is 41.1 Å². The first-order valence-electron chi connectivity index (χ1n) is 8.23. The van der Waals surface area contributed by atoms with Gasteiger partial charge in [-0.25, -0.2) is 4.79 Å². The van der Waals surface area contributed by atoms with E-state index in [-0.39, 0.29) is 5.97 Å². The van der Waals surface area contributed by atoms with Gasteiger partial charge in [0.25, 0.3) is 0 Å². The third-order valence-corrected chi connectivity index (χ3v) is 4.05. The van der Waals surface area contributed by atoms with Gasteiger partial charge in [-0.2, -0.15) is 0 Å². The normalized spacial score (nSPS) is 19.8. The molecule has 132 valence electrons. The standard InChI is InChI=1S/C17H22N6O2/c1-2-25-17(24)13-5-12-4-3-11(14-8-19-10-20-9-14)6-15(12)21-16(7-13)22-23-18/h3-6,8,16,19-21H,2,7,9-10H2,1H3,(H2,18,22). The van der Waals surface area contributed by atoms with E-state index in [0.717, 1.165) is 35.6 Å². The molecule has 8 heteroatoms. The molecule has 1 aromatic rings. The molecule has 0 amide bonds. The van der Waals surface area contributed by atoms with Crippen LogP contribution in [0.4, 0.5) is 5.69 Å². The van der Waals surface area contributed by atoms with Crippen molar-refractivity contribution in [1.29, 1.82) is 0 Å². The number of hydrogen-bond acceptors (Lipinski definition) is 7. The molecular weight excluding hydrogens is 320 g/mol. The Hall–Kier alpha value is -2.87. The summed E-state index contributed by atoms with van der Waals surface area (Å²) in [7, 11) is 0. The van der Waals surface area contributed by atoms with Crippen LogP contribution in [-0.2, 0) is 9.53 Å². The predicted molar refractivity (Wildman–Crippen MR) is 96.1 cm³/mol. The number of fused-ring (bicyclic) bond motifs is 1. The van der Waals surface area contributed by atoms with Gasteiger partial charge in [0, 0.05) is 30.4 Å². The number of carbonyl (C=O) groups is 1. The van der Waals surface area contributed by atoms with E-state index < -0.39 is 6.17 Å². The van der Waals surface area contributed by atoms with Crippen molar-refractivity contribution in [2.45, 2.75) is 19.5 Å². The van der Waals surface area contributed by atoms with Gasteiger partial charge in [-0.1, -0.05) is 17.4 Å². The monoisotopic (exact) mass is 342 g/mol. The average molecular weight is 342 g/mol. The highest BCUT2D eigenvalue weighted by molar-refractivity contribution is 5.95. The molecule has 5 N–H and O–H groups in total. The van der Waals surface area contributed by atoms with Crippen LogP contribution in [0.5, 0.6) is 0 Å². The zero-order chi connectivity index (χ0) is 17.6. The third kappa shape index (κ3) is 3.97. The number of anilines is 1. The first-order valence-corrected chi connectivity index (χ1v) is 8.23. The first-order chi connectivity index (χ1) is 12.2. The molecule has 1 unspecified atom stereocenters. The minimum absolute atomic E-state index is 0.326. The van der Waals surface area contributed by atoms with Crippen molar-refractivity contribution in [1.82, 2.24) is 10.6 Å². The molecule has 0 bridgehead atoms. The fourth-order valence-corrected chi connectivity index (χ4v) is 2.89. The lowest BCUT2D eigenvalue weighted by Gasteiger charge is -2.18. The van der Waals surface area contributed by atoms with Gasteiger partial charge in [-0.3, -0.25) is 5.32 Å². The van der Waals surface area contributed by atoms with Crippen LogP contribution in [0.2, 0.25) is 0 Å². The maximum atomic E-state index is 12.2. The number of nitrogens with zero attached hydrogens (tertiary/aromatic N) is 2. The van der Waals surface area contributed by atoms with Gasteiger partial charge >= 0.3 is 5.97 Å². The van der Waals surface area contributed by atoms with E-state index in [1.54, 1.807) is 6.92 Å². The second-order valence-electron chi connectivity index (χ2n) is 5.76. The summed E-state index contributed by atoms with van der Waals surface area (Å²) in [6.07, 6.45) is 3.78. The van der Waals surface area contributed by atoms with Gasteiger partial charge in [-0.05, 0) is 35.8 Å². The van der Waals surface area contributed by atoms with E-state index in [2.05, 4.69) is 26.3 Å². The molecule has 2 heterocycles. The fourth-order valence-electron chi connectivity index (χ4n) is 2.89. The van der Waals surface area contributed by atoms with Crippen molar-refractivity contribution in [3.63, 3.8) is 0 Å². The Morgan fingerprint density at radius 3 is 3.04 bits per heavy atom. The molecular formula is C17H22N6O2. The predicted octanol–water partition coefficient (Wildman–Crippen LogP) is 1.59. The van der Waals surface area contributed by atoms with Crippen LogP contribution >= 0.6 is 0 Å². The SMILES string of the molecule is CCOC(=O)C1=Cc2ccc(C3=CNCNC3)cc2NC(N=NN)C1. The molecule has 0 aliphatic carbocycles. The summed E-state index contributed by atoms with van der Waals surface area (Å²) >= 11 is 0.